The number of rotatable bonds is 8. The summed E-state index contributed by atoms with van der Waals surface area (Å²) in [6, 6.07) is 8.02. The van der Waals surface area contributed by atoms with Crippen LogP contribution in [0.3, 0.4) is 0 Å². The van der Waals surface area contributed by atoms with Crippen molar-refractivity contribution >= 4 is 22.8 Å². The van der Waals surface area contributed by atoms with Crippen LogP contribution in [0.25, 0.3) is 10.9 Å². The minimum absolute atomic E-state index is 0.0160. The summed E-state index contributed by atoms with van der Waals surface area (Å²) >= 11 is 0. The molecule has 5 heteroatoms. The topological polar surface area (TPSA) is 82.2 Å². The van der Waals surface area contributed by atoms with E-state index in [1.165, 1.54) is 10.9 Å². The molecule has 0 bridgehead atoms. The zero-order valence-electron chi connectivity index (χ0n) is 12.8. The Labute approximate surface area is 129 Å². The lowest BCUT2D eigenvalue weighted by molar-refractivity contribution is -0.137. The third kappa shape index (κ3) is 4.62. The number of nitrogens with one attached hydrogen (secondary N) is 2. The highest BCUT2D eigenvalue weighted by molar-refractivity contribution is 5.83. The summed E-state index contributed by atoms with van der Waals surface area (Å²) in [7, 11) is 0. The van der Waals surface area contributed by atoms with E-state index in [0.29, 0.717) is 12.8 Å². The van der Waals surface area contributed by atoms with Gasteiger partial charge in [-0.2, -0.15) is 0 Å². The van der Waals surface area contributed by atoms with E-state index in [9.17, 15) is 9.59 Å². The largest absolute Gasteiger partial charge is 0.481 e. The van der Waals surface area contributed by atoms with Gasteiger partial charge in [0.1, 0.15) is 0 Å². The van der Waals surface area contributed by atoms with E-state index in [2.05, 4.69) is 16.4 Å². The molecule has 0 aliphatic heterocycles. The standard InChI is InChI=1S/C17H22N2O3/c1-12(9-10-17(21)22)19-16(20)8-4-5-13-11-18-15-7-3-2-6-14(13)15/h2-3,6-7,11-12,18H,4-5,8-10H2,1H3,(H,19,20)(H,21,22). The molecule has 0 fully saturated rings. The number of fused-ring (bicyclic) bond motifs is 1. The molecule has 22 heavy (non-hydrogen) atoms. The van der Waals surface area contributed by atoms with E-state index in [1.54, 1.807) is 0 Å². The van der Waals surface area contributed by atoms with Crippen molar-refractivity contribution in [2.45, 2.75) is 45.1 Å². The van der Waals surface area contributed by atoms with Crippen LogP contribution in [-0.4, -0.2) is 28.0 Å². The molecule has 1 aromatic carbocycles. The molecule has 0 saturated carbocycles. The number of hydrogen-bond acceptors (Lipinski definition) is 2. The Morgan fingerprint density at radius 1 is 1.27 bits per heavy atom. The minimum atomic E-state index is -0.833. The highest BCUT2D eigenvalue weighted by atomic mass is 16.4. The molecule has 0 aliphatic carbocycles. The minimum Gasteiger partial charge on any atom is -0.481 e. The second-order valence-corrected chi connectivity index (χ2v) is 5.61. The summed E-state index contributed by atoms with van der Waals surface area (Å²) in [5.74, 6) is -0.849. The maximum Gasteiger partial charge on any atom is 0.303 e. The number of aromatic amines is 1. The number of H-pyrrole nitrogens is 1. The van der Waals surface area contributed by atoms with Crippen molar-refractivity contribution in [1.29, 1.82) is 0 Å². The summed E-state index contributed by atoms with van der Waals surface area (Å²) < 4.78 is 0. The van der Waals surface area contributed by atoms with Gasteiger partial charge in [0, 0.05) is 36.0 Å². The van der Waals surface area contributed by atoms with Gasteiger partial charge < -0.3 is 15.4 Å². The fourth-order valence-electron chi connectivity index (χ4n) is 2.54. The van der Waals surface area contributed by atoms with Crippen LogP contribution in [0.15, 0.2) is 30.5 Å². The molecule has 1 unspecified atom stereocenters. The van der Waals surface area contributed by atoms with Crippen molar-refractivity contribution in [3.8, 4) is 0 Å². The van der Waals surface area contributed by atoms with Crippen LogP contribution in [0.5, 0.6) is 0 Å². The number of para-hydroxylation sites is 1. The SMILES string of the molecule is CC(CCC(=O)O)NC(=O)CCCc1c[nH]c2ccccc12. The first kappa shape index (κ1) is 16.1. The molecule has 1 aromatic heterocycles. The van der Waals surface area contributed by atoms with Crippen LogP contribution in [0.1, 0.15) is 38.2 Å². The molecule has 2 aromatic rings. The van der Waals surface area contributed by atoms with Crippen LogP contribution >= 0.6 is 0 Å². The number of aryl methyl sites for hydroxylation is 1. The van der Waals surface area contributed by atoms with E-state index < -0.39 is 5.97 Å². The normalized spacial score (nSPS) is 12.2. The Bertz CT molecular complexity index is 648. The average Bonchev–Trinajstić information content (AvgIpc) is 2.89. The summed E-state index contributed by atoms with van der Waals surface area (Å²) in [6.45, 7) is 1.83. The zero-order valence-corrected chi connectivity index (χ0v) is 12.8. The molecule has 1 heterocycles. The number of hydrogen-bond donors (Lipinski definition) is 3. The van der Waals surface area contributed by atoms with Gasteiger partial charge in [-0.1, -0.05) is 18.2 Å². The summed E-state index contributed by atoms with van der Waals surface area (Å²) in [5.41, 5.74) is 2.34. The van der Waals surface area contributed by atoms with Gasteiger partial charge in [-0.3, -0.25) is 9.59 Å². The number of aliphatic carboxylic acids is 1. The fraction of sp³-hybridized carbons (Fsp3) is 0.412. The maximum absolute atomic E-state index is 11.8. The van der Waals surface area contributed by atoms with Gasteiger partial charge >= 0.3 is 5.97 Å². The highest BCUT2D eigenvalue weighted by Crippen LogP contribution is 2.19. The molecule has 118 valence electrons. The highest BCUT2D eigenvalue weighted by Gasteiger charge is 2.10. The quantitative estimate of drug-likeness (QED) is 0.701. The van der Waals surface area contributed by atoms with Gasteiger partial charge in [-0.25, -0.2) is 0 Å². The summed E-state index contributed by atoms with van der Waals surface area (Å²) in [5, 5.41) is 12.7. The maximum atomic E-state index is 11.8. The number of carbonyl (C=O) groups excluding carboxylic acids is 1. The Hall–Kier alpha value is -2.30. The van der Waals surface area contributed by atoms with Crippen LogP contribution in [-0.2, 0) is 16.0 Å². The van der Waals surface area contributed by atoms with E-state index in [0.717, 1.165) is 18.4 Å². The Kier molecular flexibility index (Phi) is 5.58. The van der Waals surface area contributed by atoms with Gasteiger partial charge in [-0.05, 0) is 37.8 Å². The first-order valence-corrected chi connectivity index (χ1v) is 7.62. The van der Waals surface area contributed by atoms with Gasteiger partial charge in [0.2, 0.25) is 5.91 Å². The Morgan fingerprint density at radius 3 is 2.82 bits per heavy atom. The van der Waals surface area contributed by atoms with Crippen LogP contribution in [0.2, 0.25) is 0 Å². The second-order valence-electron chi connectivity index (χ2n) is 5.61. The predicted molar refractivity (Wildman–Crippen MR) is 85.7 cm³/mol. The number of benzene rings is 1. The van der Waals surface area contributed by atoms with E-state index in [1.807, 2.05) is 31.3 Å². The molecule has 0 spiro atoms. The van der Waals surface area contributed by atoms with Crippen molar-refractivity contribution < 1.29 is 14.7 Å². The summed E-state index contributed by atoms with van der Waals surface area (Å²) in [6.07, 6.45) is 4.62. The first-order chi connectivity index (χ1) is 10.6. The molecular weight excluding hydrogens is 280 g/mol. The van der Waals surface area contributed by atoms with Gasteiger partial charge in [0.25, 0.3) is 0 Å². The molecule has 3 N–H and O–H groups in total. The van der Waals surface area contributed by atoms with Crippen molar-refractivity contribution in [2.75, 3.05) is 0 Å². The molecule has 0 saturated heterocycles. The molecule has 5 nitrogen and oxygen atoms in total. The average molecular weight is 302 g/mol. The molecule has 1 atom stereocenters. The van der Waals surface area contributed by atoms with Crippen LogP contribution < -0.4 is 5.32 Å². The van der Waals surface area contributed by atoms with Crippen molar-refractivity contribution in [3.05, 3.63) is 36.0 Å². The third-order valence-electron chi connectivity index (χ3n) is 3.72. The van der Waals surface area contributed by atoms with Crippen molar-refractivity contribution in [2.24, 2.45) is 0 Å². The Balaban J connectivity index is 1.74. The molecule has 0 radical (unpaired) electrons. The van der Waals surface area contributed by atoms with Crippen molar-refractivity contribution in [1.82, 2.24) is 10.3 Å². The lowest BCUT2D eigenvalue weighted by Gasteiger charge is -2.12. The Morgan fingerprint density at radius 2 is 2.05 bits per heavy atom. The molecule has 0 aliphatic rings. The van der Waals surface area contributed by atoms with E-state index in [4.69, 9.17) is 5.11 Å². The number of carboxylic acids is 1. The number of amides is 1. The first-order valence-electron chi connectivity index (χ1n) is 7.62. The monoisotopic (exact) mass is 302 g/mol. The van der Waals surface area contributed by atoms with E-state index >= 15 is 0 Å². The lowest BCUT2D eigenvalue weighted by Crippen LogP contribution is -2.32. The number of aromatic nitrogens is 1. The predicted octanol–water partition coefficient (Wildman–Crippen LogP) is 2.86. The summed E-state index contributed by atoms with van der Waals surface area (Å²) in [4.78, 5) is 25.5. The van der Waals surface area contributed by atoms with Crippen molar-refractivity contribution in [3.63, 3.8) is 0 Å². The lowest BCUT2D eigenvalue weighted by atomic mass is 10.1. The van der Waals surface area contributed by atoms with Gasteiger partial charge in [0.05, 0.1) is 0 Å². The smallest absolute Gasteiger partial charge is 0.303 e. The molecular formula is C17H22N2O3. The van der Waals surface area contributed by atoms with E-state index in [-0.39, 0.29) is 18.4 Å². The fourth-order valence-corrected chi connectivity index (χ4v) is 2.54. The van der Waals surface area contributed by atoms with Gasteiger partial charge in [0.15, 0.2) is 0 Å². The zero-order chi connectivity index (χ0) is 15.9. The van der Waals surface area contributed by atoms with Crippen LogP contribution in [0, 0.1) is 0 Å². The van der Waals surface area contributed by atoms with Gasteiger partial charge in [-0.15, -0.1) is 0 Å². The van der Waals surface area contributed by atoms with Crippen LogP contribution in [0.4, 0.5) is 0 Å². The third-order valence-corrected chi connectivity index (χ3v) is 3.72. The molecule has 2 rings (SSSR count). The number of carboxylic acid groups (broad SMARTS) is 1. The molecule has 1 amide bonds. The second kappa shape index (κ2) is 7.64. The number of carbonyl (C=O) groups is 2.